The van der Waals surface area contributed by atoms with E-state index in [0.717, 1.165) is 0 Å². The number of nitro groups is 1. The van der Waals surface area contributed by atoms with E-state index in [9.17, 15) is 23.3 Å². The van der Waals surface area contributed by atoms with Gasteiger partial charge in [-0.1, -0.05) is 0 Å². The van der Waals surface area contributed by atoms with Gasteiger partial charge < -0.3 is 0 Å². The maximum Gasteiger partial charge on any atom is 0.395 e. The molecular formula is C6H8F3N2O2. The minimum atomic E-state index is -4.39. The van der Waals surface area contributed by atoms with Crippen molar-refractivity contribution in [2.75, 3.05) is 6.54 Å². The fourth-order valence-corrected chi connectivity index (χ4v) is 1.20. The Morgan fingerprint density at radius 3 is 2.62 bits per heavy atom. The lowest BCUT2D eigenvalue weighted by atomic mass is 9.95. The van der Waals surface area contributed by atoms with E-state index >= 15 is 0 Å². The minimum absolute atomic E-state index is 0.0144. The zero-order valence-electron chi connectivity index (χ0n) is 6.60. The highest BCUT2D eigenvalue weighted by Gasteiger charge is 2.45. The van der Waals surface area contributed by atoms with Crippen molar-refractivity contribution in [3.8, 4) is 0 Å². The molecule has 1 saturated heterocycles. The number of rotatable bonds is 1. The molecule has 1 atom stereocenters. The molecule has 1 fully saturated rings. The summed E-state index contributed by atoms with van der Waals surface area (Å²) in [6, 6.07) is 0. The van der Waals surface area contributed by atoms with E-state index in [4.69, 9.17) is 0 Å². The van der Waals surface area contributed by atoms with Gasteiger partial charge in [-0.05, 0) is 6.42 Å². The van der Waals surface area contributed by atoms with Crippen molar-refractivity contribution in [3.05, 3.63) is 16.0 Å². The first-order valence-corrected chi connectivity index (χ1v) is 3.70. The van der Waals surface area contributed by atoms with Crippen LogP contribution in [0.1, 0.15) is 12.8 Å². The minimum Gasteiger partial charge on any atom is -0.263 e. The fraction of sp³-hybridized carbons (Fsp3) is 0.833. The van der Waals surface area contributed by atoms with Gasteiger partial charge in [0.25, 0.3) is 6.17 Å². The lowest BCUT2D eigenvalue weighted by Gasteiger charge is -2.26. The Balaban J connectivity index is 2.57. The lowest BCUT2D eigenvalue weighted by Crippen LogP contribution is -2.45. The van der Waals surface area contributed by atoms with Crippen molar-refractivity contribution in [2.45, 2.75) is 25.2 Å². The molecule has 7 heteroatoms. The molecule has 1 heterocycles. The maximum absolute atomic E-state index is 12.1. The third-order valence-electron chi connectivity index (χ3n) is 1.90. The van der Waals surface area contributed by atoms with Crippen LogP contribution in [0.15, 0.2) is 0 Å². The van der Waals surface area contributed by atoms with Crippen LogP contribution < -0.4 is 5.32 Å². The van der Waals surface area contributed by atoms with Gasteiger partial charge >= 0.3 is 6.18 Å². The van der Waals surface area contributed by atoms with Crippen LogP contribution in [0.3, 0.4) is 0 Å². The number of nitrogens with zero attached hydrogens (tertiary/aromatic N) is 1. The first kappa shape index (κ1) is 10.2. The van der Waals surface area contributed by atoms with Crippen LogP contribution in [0.5, 0.6) is 0 Å². The molecule has 75 valence electrons. The van der Waals surface area contributed by atoms with Gasteiger partial charge in [0.2, 0.25) is 0 Å². The van der Waals surface area contributed by atoms with Gasteiger partial charge in [-0.2, -0.15) is 13.2 Å². The van der Waals surface area contributed by atoms with E-state index in [1.165, 1.54) is 0 Å². The van der Waals surface area contributed by atoms with Gasteiger partial charge in [0.05, 0.1) is 5.92 Å². The molecule has 0 spiro atoms. The number of nitrogens with one attached hydrogen (secondary N) is 1. The average molecular weight is 197 g/mol. The molecule has 0 aliphatic carbocycles. The summed E-state index contributed by atoms with van der Waals surface area (Å²) in [6.45, 7) is 0.0144. The van der Waals surface area contributed by atoms with Gasteiger partial charge in [0, 0.05) is 17.9 Å². The third-order valence-corrected chi connectivity index (χ3v) is 1.90. The Hall–Kier alpha value is -0.850. The van der Waals surface area contributed by atoms with E-state index in [1.54, 1.807) is 0 Å². The van der Waals surface area contributed by atoms with Crippen molar-refractivity contribution in [3.63, 3.8) is 0 Å². The molecule has 1 unspecified atom stereocenters. The van der Waals surface area contributed by atoms with Crippen LogP contribution >= 0.6 is 0 Å². The number of hydrogen-bond acceptors (Lipinski definition) is 3. The summed E-state index contributed by atoms with van der Waals surface area (Å²) in [5.74, 6) is -0.701. The van der Waals surface area contributed by atoms with Crippen LogP contribution in [0.25, 0.3) is 0 Å². The molecule has 1 N–H and O–H groups in total. The molecule has 1 rings (SSSR count). The second-order valence-electron chi connectivity index (χ2n) is 2.81. The smallest absolute Gasteiger partial charge is 0.263 e. The van der Waals surface area contributed by atoms with E-state index in [1.807, 2.05) is 0 Å². The van der Waals surface area contributed by atoms with E-state index in [2.05, 4.69) is 5.32 Å². The Kier molecular flexibility index (Phi) is 2.74. The highest BCUT2D eigenvalue weighted by molar-refractivity contribution is 5.02. The normalized spacial score (nSPS) is 25.9. The largest absolute Gasteiger partial charge is 0.395 e. The standard InChI is InChI=1S/C6H8F3N2O2/c7-6(8,9)4-1-2-10-5(3-4)11(12)13/h5,10H,1-3H2. The van der Waals surface area contributed by atoms with Crippen molar-refractivity contribution < 1.29 is 18.1 Å². The zero-order chi connectivity index (χ0) is 10.1. The number of hydrogen-bond donors (Lipinski definition) is 1. The summed E-state index contributed by atoms with van der Waals surface area (Å²) < 4.78 is 36.3. The van der Waals surface area contributed by atoms with Crippen LogP contribution in [-0.4, -0.2) is 23.8 Å². The highest BCUT2D eigenvalue weighted by Crippen LogP contribution is 2.35. The summed E-state index contributed by atoms with van der Waals surface area (Å²) in [7, 11) is 0. The van der Waals surface area contributed by atoms with Crippen LogP contribution in [0, 0.1) is 16.0 Å². The van der Waals surface area contributed by atoms with Crippen molar-refractivity contribution in [1.82, 2.24) is 5.32 Å². The predicted molar refractivity (Wildman–Crippen MR) is 37.3 cm³/mol. The zero-order valence-corrected chi connectivity index (χ0v) is 6.60. The molecule has 1 aliphatic heterocycles. The Labute approximate surface area is 72.3 Å². The SMILES string of the molecule is O=[N+]([O-])C1C[C](C(F)(F)F)CCN1. The first-order valence-electron chi connectivity index (χ1n) is 3.70. The average Bonchev–Trinajstić information content (AvgIpc) is 2.03. The van der Waals surface area contributed by atoms with Gasteiger partial charge in [0.1, 0.15) is 0 Å². The number of piperidine rings is 1. The van der Waals surface area contributed by atoms with Gasteiger partial charge in [-0.3, -0.25) is 15.4 Å². The molecule has 13 heavy (non-hydrogen) atoms. The third kappa shape index (κ3) is 2.55. The van der Waals surface area contributed by atoms with Crippen molar-refractivity contribution in [2.24, 2.45) is 0 Å². The number of halogens is 3. The summed E-state index contributed by atoms with van der Waals surface area (Å²) in [5, 5.41) is 12.6. The summed E-state index contributed by atoms with van der Waals surface area (Å²) >= 11 is 0. The second-order valence-corrected chi connectivity index (χ2v) is 2.81. The Morgan fingerprint density at radius 2 is 2.15 bits per heavy atom. The molecule has 0 saturated carbocycles. The monoisotopic (exact) mass is 197 g/mol. The highest BCUT2D eigenvalue weighted by atomic mass is 19.4. The fourth-order valence-electron chi connectivity index (χ4n) is 1.20. The van der Waals surface area contributed by atoms with Gasteiger partial charge in [-0.25, -0.2) is 0 Å². The maximum atomic E-state index is 12.1. The molecule has 4 nitrogen and oxygen atoms in total. The molecule has 0 bridgehead atoms. The van der Waals surface area contributed by atoms with E-state index in [-0.39, 0.29) is 13.0 Å². The first-order chi connectivity index (χ1) is 5.91. The molecule has 1 radical (unpaired) electrons. The van der Waals surface area contributed by atoms with Crippen LogP contribution in [0.2, 0.25) is 0 Å². The van der Waals surface area contributed by atoms with Crippen molar-refractivity contribution in [1.29, 1.82) is 0 Å². The molecule has 0 aromatic heterocycles. The second kappa shape index (κ2) is 3.49. The molecule has 0 amide bonds. The van der Waals surface area contributed by atoms with Crippen LogP contribution in [-0.2, 0) is 0 Å². The van der Waals surface area contributed by atoms with Gasteiger partial charge in [0.15, 0.2) is 0 Å². The van der Waals surface area contributed by atoms with Crippen molar-refractivity contribution >= 4 is 0 Å². The molecule has 0 aromatic carbocycles. The van der Waals surface area contributed by atoms with Crippen LogP contribution in [0.4, 0.5) is 13.2 Å². The molecule has 0 aromatic rings. The quantitative estimate of drug-likeness (QED) is 0.506. The van der Waals surface area contributed by atoms with Gasteiger partial charge in [-0.15, -0.1) is 0 Å². The van der Waals surface area contributed by atoms with E-state index in [0.29, 0.717) is 0 Å². The molecule has 1 aliphatic rings. The summed E-state index contributed by atoms with van der Waals surface area (Å²) in [5.41, 5.74) is 0. The summed E-state index contributed by atoms with van der Waals surface area (Å²) in [4.78, 5) is 9.46. The lowest BCUT2D eigenvalue weighted by molar-refractivity contribution is -0.532. The number of alkyl halides is 3. The topological polar surface area (TPSA) is 55.2 Å². The Bertz CT molecular complexity index is 207. The molecular weight excluding hydrogens is 189 g/mol. The Morgan fingerprint density at radius 1 is 1.54 bits per heavy atom. The van der Waals surface area contributed by atoms with E-state index < -0.39 is 29.6 Å². The summed E-state index contributed by atoms with van der Waals surface area (Å²) in [6.07, 6.45) is -6.38. The predicted octanol–water partition coefficient (Wildman–Crippen LogP) is 1.11.